The van der Waals surface area contributed by atoms with E-state index in [1.807, 2.05) is 0 Å². The molecule has 2 aromatic rings. The normalized spacial score (nSPS) is 10.2. The summed E-state index contributed by atoms with van der Waals surface area (Å²) < 4.78 is 10.1. The van der Waals surface area contributed by atoms with Crippen molar-refractivity contribution in [2.75, 3.05) is 7.11 Å². The maximum Gasteiger partial charge on any atom is 0.257 e. The first-order valence-electron chi connectivity index (χ1n) is 4.94. The highest BCUT2D eigenvalue weighted by Gasteiger charge is 2.10. The molecule has 0 saturated heterocycles. The number of methoxy groups -OCH3 is 1. The van der Waals surface area contributed by atoms with E-state index in [1.54, 1.807) is 31.4 Å². The predicted molar refractivity (Wildman–Crippen MR) is 59.2 cm³/mol. The molecule has 0 saturated carbocycles. The van der Waals surface area contributed by atoms with Gasteiger partial charge in [0.05, 0.1) is 13.5 Å². The largest absolute Gasteiger partial charge is 0.497 e. The lowest BCUT2D eigenvalue weighted by Gasteiger charge is -1.98. The number of hydrogen-bond acceptors (Lipinski definition) is 5. The first-order chi connectivity index (χ1) is 8.19. The first-order valence-corrected chi connectivity index (χ1v) is 4.94. The monoisotopic (exact) mass is 233 g/mol. The van der Waals surface area contributed by atoms with Gasteiger partial charge in [0.1, 0.15) is 5.75 Å². The van der Waals surface area contributed by atoms with Gasteiger partial charge in [-0.3, -0.25) is 4.79 Å². The fourth-order valence-corrected chi connectivity index (χ4v) is 1.33. The Morgan fingerprint density at radius 2 is 2.12 bits per heavy atom. The van der Waals surface area contributed by atoms with Gasteiger partial charge in [-0.05, 0) is 24.3 Å². The number of carbonyl (C=O) groups excluding carboxylic acids is 1. The number of benzene rings is 1. The van der Waals surface area contributed by atoms with Crippen LogP contribution < -0.4 is 10.5 Å². The Hall–Kier alpha value is -2.37. The van der Waals surface area contributed by atoms with Crippen LogP contribution in [0.3, 0.4) is 0 Å². The van der Waals surface area contributed by atoms with Gasteiger partial charge in [-0.2, -0.15) is 4.98 Å². The zero-order chi connectivity index (χ0) is 12.3. The van der Waals surface area contributed by atoms with Crippen LogP contribution >= 0.6 is 0 Å². The highest BCUT2D eigenvalue weighted by Crippen LogP contribution is 2.20. The van der Waals surface area contributed by atoms with Gasteiger partial charge in [0.25, 0.3) is 5.89 Å². The van der Waals surface area contributed by atoms with Crippen LogP contribution in [0.25, 0.3) is 11.5 Å². The summed E-state index contributed by atoms with van der Waals surface area (Å²) in [6.45, 7) is 0. The van der Waals surface area contributed by atoms with E-state index in [0.717, 1.165) is 11.3 Å². The summed E-state index contributed by atoms with van der Waals surface area (Å²) >= 11 is 0. The average molecular weight is 233 g/mol. The third-order valence-corrected chi connectivity index (χ3v) is 2.14. The molecule has 88 valence electrons. The topological polar surface area (TPSA) is 91.2 Å². The molecule has 0 unspecified atom stereocenters. The van der Waals surface area contributed by atoms with Crippen molar-refractivity contribution < 1.29 is 14.1 Å². The Kier molecular flexibility index (Phi) is 3.04. The van der Waals surface area contributed by atoms with Crippen molar-refractivity contribution in [3.05, 3.63) is 30.1 Å². The number of hydrogen-bond donors (Lipinski definition) is 1. The number of aromatic nitrogens is 2. The molecular weight excluding hydrogens is 222 g/mol. The molecule has 0 atom stereocenters. The second-order valence-corrected chi connectivity index (χ2v) is 3.39. The summed E-state index contributed by atoms with van der Waals surface area (Å²) in [5.41, 5.74) is 5.79. The molecule has 0 fully saturated rings. The summed E-state index contributed by atoms with van der Waals surface area (Å²) in [7, 11) is 1.59. The van der Waals surface area contributed by atoms with Crippen molar-refractivity contribution in [3.63, 3.8) is 0 Å². The molecular formula is C11H11N3O3. The summed E-state index contributed by atoms with van der Waals surface area (Å²) in [5, 5.41) is 3.66. The van der Waals surface area contributed by atoms with Gasteiger partial charge in [0.2, 0.25) is 5.91 Å². The van der Waals surface area contributed by atoms with Crippen molar-refractivity contribution in [1.29, 1.82) is 0 Å². The van der Waals surface area contributed by atoms with Gasteiger partial charge in [-0.25, -0.2) is 0 Å². The van der Waals surface area contributed by atoms with Crippen LogP contribution in [0.5, 0.6) is 5.75 Å². The van der Waals surface area contributed by atoms with Gasteiger partial charge < -0.3 is 15.0 Å². The maximum atomic E-state index is 10.7. The van der Waals surface area contributed by atoms with E-state index in [-0.39, 0.29) is 12.2 Å². The highest BCUT2D eigenvalue weighted by atomic mass is 16.5. The molecule has 2 N–H and O–H groups in total. The second-order valence-electron chi connectivity index (χ2n) is 3.39. The molecule has 6 heteroatoms. The minimum atomic E-state index is -0.493. The van der Waals surface area contributed by atoms with E-state index in [1.165, 1.54) is 0 Å². The lowest BCUT2D eigenvalue weighted by Crippen LogP contribution is -2.14. The molecule has 0 radical (unpaired) electrons. The Labute approximate surface area is 97.4 Å². The third-order valence-electron chi connectivity index (χ3n) is 2.14. The Bertz CT molecular complexity index is 519. The molecule has 2 rings (SSSR count). The van der Waals surface area contributed by atoms with Crippen molar-refractivity contribution >= 4 is 5.91 Å². The minimum Gasteiger partial charge on any atom is -0.497 e. The summed E-state index contributed by atoms with van der Waals surface area (Å²) in [6, 6.07) is 7.15. The maximum absolute atomic E-state index is 10.7. The molecule has 1 aromatic carbocycles. The predicted octanol–water partition coefficient (Wildman–Crippen LogP) is 0.773. The molecule has 0 aliphatic heterocycles. The fourth-order valence-electron chi connectivity index (χ4n) is 1.33. The number of rotatable bonds is 4. The smallest absolute Gasteiger partial charge is 0.257 e. The molecule has 0 aliphatic carbocycles. The van der Waals surface area contributed by atoms with E-state index in [0.29, 0.717) is 5.89 Å². The van der Waals surface area contributed by atoms with Crippen LogP contribution in [0.15, 0.2) is 28.8 Å². The molecule has 6 nitrogen and oxygen atoms in total. The van der Waals surface area contributed by atoms with Gasteiger partial charge in [-0.1, -0.05) is 5.16 Å². The van der Waals surface area contributed by atoms with Gasteiger partial charge in [0, 0.05) is 5.56 Å². The van der Waals surface area contributed by atoms with Crippen molar-refractivity contribution in [1.82, 2.24) is 10.1 Å². The number of nitrogens with zero attached hydrogens (tertiary/aromatic N) is 2. The van der Waals surface area contributed by atoms with Crippen LogP contribution in [0.2, 0.25) is 0 Å². The third kappa shape index (κ3) is 2.60. The molecule has 0 aliphatic rings. The Morgan fingerprint density at radius 3 is 2.71 bits per heavy atom. The molecule has 17 heavy (non-hydrogen) atoms. The zero-order valence-electron chi connectivity index (χ0n) is 9.21. The fraction of sp³-hybridized carbons (Fsp3) is 0.182. The van der Waals surface area contributed by atoms with Crippen LogP contribution in [-0.4, -0.2) is 23.2 Å². The van der Waals surface area contributed by atoms with E-state index in [4.69, 9.17) is 15.0 Å². The molecule has 1 amide bonds. The van der Waals surface area contributed by atoms with E-state index in [9.17, 15) is 4.79 Å². The average Bonchev–Trinajstić information content (AvgIpc) is 2.77. The minimum absolute atomic E-state index is 0.0281. The van der Waals surface area contributed by atoms with Gasteiger partial charge >= 0.3 is 0 Å². The standard InChI is InChI=1S/C11H11N3O3/c1-16-8-4-2-7(3-5-8)11-13-10(14-17-11)6-9(12)15/h2-5H,6H2,1H3,(H2,12,15). The summed E-state index contributed by atoms with van der Waals surface area (Å²) in [5.74, 6) is 0.880. The summed E-state index contributed by atoms with van der Waals surface area (Å²) in [4.78, 5) is 14.7. The van der Waals surface area contributed by atoms with Crippen molar-refractivity contribution in [3.8, 4) is 17.2 Å². The molecule has 0 spiro atoms. The highest BCUT2D eigenvalue weighted by molar-refractivity contribution is 5.75. The number of ether oxygens (including phenoxy) is 1. The van der Waals surface area contributed by atoms with Crippen molar-refractivity contribution in [2.24, 2.45) is 5.73 Å². The molecule has 1 aromatic heterocycles. The van der Waals surface area contributed by atoms with E-state index >= 15 is 0 Å². The SMILES string of the molecule is COc1ccc(-c2nc(CC(N)=O)no2)cc1. The van der Waals surface area contributed by atoms with Crippen molar-refractivity contribution in [2.45, 2.75) is 6.42 Å². The molecule has 1 heterocycles. The van der Waals surface area contributed by atoms with Gasteiger partial charge in [0.15, 0.2) is 5.82 Å². The van der Waals surface area contributed by atoms with Gasteiger partial charge in [-0.15, -0.1) is 0 Å². The van der Waals surface area contributed by atoms with Crippen LogP contribution in [0.1, 0.15) is 5.82 Å². The number of nitrogens with two attached hydrogens (primary N) is 1. The quantitative estimate of drug-likeness (QED) is 0.842. The lowest BCUT2D eigenvalue weighted by atomic mass is 10.2. The van der Waals surface area contributed by atoms with Crippen LogP contribution in [-0.2, 0) is 11.2 Å². The van der Waals surface area contributed by atoms with E-state index < -0.39 is 5.91 Å². The Morgan fingerprint density at radius 1 is 1.41 bits per heavy atom. The van der Waals surface area contributed by atoms with E-state index in [2.05, 4.69) is 10.1 Å². The van der Waals surface area contributed by atoms with Crippen LogP contribution in [0, 0.1) is 0 Å². The molecule has 0 bridgehead atoms. The first kappa shape index (κ1) is 11.1. The Balaban J connectivity index is 2.21. The summed E-state index contributed by atoms with van der Waals surface area (Å²) in [6.07, 6.45) is -0.0281. The number of carbonyl (C=O) groups is 1. The zero-order valence-corrected chi connectivity index (χ0v) is 9.21. The number of amides is 1. The number of primary amides is 1. The lowest BCUT2D eigenvalue weighted by molar-refractivity contribution is -0.117. The second kappa shape index (κ2) is 4.65. The van der Waals surface area contributed by atoms with Crippen LogP contribution in [0.4, 0.5) is 0 Å².